The van der Waals surface area contributed by atoms with E-state index in [1.54, 1.807) is 24.4 Å². The number of H-pyrrole nitrogens is 1. The first-order valence-electron chi connectivity index (χ1n) is 12.5. The highest BCUT2D eigenvalue weighted by molar-refractivity contribution is 5.84. The maximum atomic E-state index is 10.9. The number of aldehydes is 1. The molecule has 8 nitrogen and oxygen atoms in total. The Morgan fingerprint density at radius 2 is 1.83 bits per heavy atom. The Bertz CT molecular complexity index is 1260. The zero-order chi connectivity index (χ0) is 25.2. The molecule has 1 saturated heterocycles. The number of nitrogens with one attached hydrogen (secondary N) is 4. The number of aromatic nitrogens is 3. The molecule has 0 bridgehead atoms. The number of carbonyl (C=O) groups excluding carboxylic acids is 1. The number of fused-ring (bicyclic) bond motifs is 1. The smallest absolute Gasteiger partial charge is 0.229 e. The molecule has 36 heavy (non-hydrogen) atoms. The third-order valence-electron chi connectivity index (χ3n) is 6.09. The highest BCUT2D eigenvalue weighted by Gasteiger charge is 2.08. The van der Waals surface area contributed by atoms with Gasteiger partial charge in [0, 0.05) is 52.8 Å². The lowest BCUT2D eigenvalue weighted by Crippen LogP contribution is -2.34. The summed E-state index contributed by atoms with van der Waals surface area (Å²) in [7, 11) is 2.02. The second-order valence-electron chi connectivity index (χ2n) is 9.02. The Morgan fingerprint density at radius 1 is 1.00 bits per heavy atom. The second-order valence-corrected chi connectivity index (χ2v) is 9.02. The van der Waals surface area contributed by atoms with E-state index in [-0.39, 0.29) is 0 Å². The standard InChI is InChI=1S/C20H17N5O.C8H18N2/c1-13-9-15-11-17(5-6-18(15)22-13)23-19-7-8-21-20(25-19)24-16-4-2-3-14(10-16)12-26;1-9-5-8-10-6-3-2-4-7-10/h2-12,22H,1H3,(H2,21,23,24,25);9H,2-8H2,1H3. The lowest BCUT2D eigenvalue weighted by atomic mass is 10.1. The first-order chi connectivity index (χ1) is 17.6. The molecule has 5 rings (SSSR count). The highest BCUT2D eigenvalue weighted by Crippen LogP contribution is 2.23. The number of aryl methyl sites for hydroxylation is 1. The van der Waals surface area contributed by atoms with Crippen molar-refractivity contribution in [3.63, 3.8) is 0 Å². The number of hydrogen-bond donors (Lipinski definition) is 4. The second kappa shape index (κ2) is 12.8. The van der Waals surface area contributed by atoms with Crippen LogP contribution in [0.3, 0.4) is 0 Å². The zero-order valence-corrected chi connectivity index (χ0v) is 21.1. The van der Waals surface area contributed by atoms with Gasteiger partial charge in [0.25, 0.3) is 0 Å². The molecule has 4 N–H and O–H groups in total. The Morgan fingerprint density at radius 3 is 2.64 bits per heavy atom. The molecule has 0 saturated carbocycles. The summed E-state index contributed by atoms with van der Waals surface area (Å²) in [6, 6.07) is 17.2. The van der Waals surface area contributed by atoms with Gasteiger partial charge in [-0.2, -0.15) is 4.98 Å². The van der Waals surface area contributed by atoms with Gasteiger partial charge in [0.15, 0.2) is 0 Å². The van der Waals surface area contributed by atoms with Crippen LogP contribution in [0.15, 0.2) is 60.8 Å². The normalized spacial score (nSPS) is 13.6. The first kappa shape index (κ1) is 25.3. The van der Waals surface area contributed by atoms with Crippen LogP contribution in [0, 0.1) is 6.92 Å². The summed E-state index contributed by atoms with van der Waals surface area (Å²) in [6.07, 6.45) is 6.74. The number of likely N-dealkylation sites (tertiary alicyclic amines) is 1. The molecule has 0 atom stereocenters. The van der Waals surface area contributed by atoms with E-state index >= 15 is 0 Å². The van der Waals surface area contributed by atoms with E-state index in [0.29, 0.717) is 17.3 Å². The van der Waals surface area contributed by atoms with Gasteiger partial charge in [-0.05, 0) is 82.4 Å². The molecule has 0 unspecified atom stereocenters. The van der Waals surface area contributed by atoms with Gasteiger partial charge in [-0.3, -0.25) is 4.79 Å². The molecule has 3 heterocycles. The fourth-order valence-corrected chi connectivity index (χ4v) is 4.26. The van der Waals surface area contributed by atoms with Crippen LogP contribution >= 0.6 is 0 Å². The van der Waals surface area contributed by atoms with Crippen molar-refractivity contribution in [3.05, 3.63) is 72.1 Å². The molecule has 8 heteroatoms. The number of nitrogens with zero attached hydrogens (tertiary/aromatic N) is 3. The minimum absolute atomic E-state index is 0.455. The minimum Gasteiger partial charge on any atom is -0.359 e. The van der Waals surface area contributed by atoms with E-state index in [4.69, 9.17) is 0 Å². The third-order valence-corrected chi connectivity index (χ3v) is 6.09. The zero-order valence-electron chi connectivity index (χ0n) is 21.1. The molecule has 2 aromatic heterocycles. The maximum absolute atomic E-state index is 10.9. The van der Waals surface area contributed by atoms with Crippen molar-refractivity contribution in [2.24, 2.45) is 0 Å². The summed E-state index contributed by atoms with van der Waals surface area (Å²) in [5, 5.41) is 10.7. The molecule has 0 amide bonds. The van der Waals surface area contributed by atoms with Crippen molar-refractivity contribution >= 4 is 40.3 Å². The Hall–Kier alpha value is -3.75. The predicted molar refractivity (Wildman–Crippen MR) is 148 cm³/mol. The molecule has 2 aromatic carbocycles. The first-order valence-corrected chi connectivity index (χ1v) is 12.5. The van der Waals surface area contributed by atoms with Crippen LogP contribution in [-0.4, -0.2) is 59.4 Å². The van der Waals surface area contributed by atoms with Gasteiger partial charge in [0.2, 0.25) is 5.95 Å². The summed E-state index contributed by atoms with van der Waals surface area (Å²) >= 11 is 0. The summed E-state index contributed by atoms with van der Waals surface area (Å²) in [4.78, 5) is 25.4. The van der Waals surface area contributed by atoms with Gasteiger partial charge in [0.1, 0.15) is 12.1 Å². The number of carbonyl (C=O) groups is 1. The number of likely N-dealkylation sites (N-methyl/N-ethyl adjacent to an activating group) is 1. The molecule has 0 radical (unpaired) electrons. The monoisotopic (exact) mass is 485 g/mol. The molecular formula is C28H35N7O. The number of anilines is 4. The predicted octanol–water partition coefficient (Wildman–Crippen LogP) is 5.26. The molecule has 4 aromatic rings. The topological polar surface area (TPSA) is 98.0 Å². The van der Waals surface area contributed by atoms with Crippen LogP contribution < -0.4 is 16.0 Å². The van der Waals surface area contributed by atoms with Gasteiger partial charge in [-0.1, -0.05) is 18.6 Å². The lowest BCUT2D eigenvalue weighted by molar-refractivity contribution is 0.112. The van der Waals surface area contributed by atoms with E-state index in [1.165, 1.54) is 38.9 Å². The van der Waals surface area contributed by atoms with Crippen molar-refractivity contribution in [2.45, 2.75) is 26.2 Å². The fourth-order valence-electron chi connectivity index (χ4n) is 4.26. The quantitative estimate of drug-likeness (QED) is 0.253. The lowest BCUT2D eigenvalue weighted by Gasteiger charge is -2.25. The Labute approximate surface area is 212 Å². The number of benzene rings is 2. The third kappa shape index (κ3) is 7.37. The average Bonchev–Trinajstić information content (AvgIpc) is 3.28. The van der Waals surface area contributed by atoms with Crippen LogP contribution in [0.2, 0.25) is 0 Å². The van der Waals surface area contributed by atoms with E-state index in [0.717, 1.165) is 40.8 Å². The summed E-state index contributed by atoms with van der Waals surface area (Å²) in [5.41, 5.74) is 4.54. The van der Waals surface area contributed by atoms with Gasteiger partial charge < -0.3 is 25.8 Å². The molecule has 188 valence electrons. The fraction of sp³-hybridized carbons (Fsp3) is 0.321. The van der Waals surface area contributed by atoms with Gasteiger partial charge in [0.05, 0.1) is 0 Å². The summed E-state index contributed by atoms with van der Waals surface area (Å²) < 4.78 is 0. The van der Waals surface area contributed by atoms with E-state index < -0.39 is 0 Å². The van der Waals surface area contributed by atoms with Crippen LogP contribution in [-0.2, 0) is 0 Å². The van der Waals surface area contributed by atoms with E-state index in [9.17, 15) is 4.79 Å². The van der Waals surface area contributed by atoms with Gasteiger partial charge in [-0.15, -0.1) is 0 Å². The molecule has 0 spiro atoms. The number of rotatable bonds is 8. The molecule has 1 aliphatic heterocycles. The molecule has 1 aliphatic rings. The number of hydrogen-bond acceptors (Lipinski definition) is 7. The van der Waals surface area contributed by atoms with E-state index in [1.807, 2.05) is 38.2 Å². The summed E-state index contributed by atoms with van der Waals surface area (Å²) in [5.74, 6) is 1.14. The molecule has 0 aliphatic carbocycles. The molecular weight excluding hydrogens is 450 g/mol. The van der Waals surface area contributed by atoms with Crippen molar-refractivity contribution in [1.82, 2.24) is 25.2 Å². The maximum Gasteiger partial charge on any atom is 0.229 e. The van der Waals surface area contributed by atoms with Crippen molar-refractivity contribution in [1.29, 1.82) is 0 Å². The molecule has 1 fully saturated rings. The average molecular weight is 486 g/mol. The number of piperidine rings is 1. The highest BCUT2D eigenvalue weighted by atomic mass is 16.1. The Balaban J connectivity index is 0.000000256. The van der Waals surface area contributed by atoms with Gasteiger partial charge in [-0.25, -0.2) is 4.98 Å². The van der Waals surface area contributed by atoms with Crippen molar-refractivity contribution in [3.8, 4) is 0 Å². The van der Waals surface area contributed by atoms with Crippen LogP contribution in [0.5, 0.6) is 0 Å². The van der Waals surface area contributed by atoms with Crippen molar-refractivity contribution < 1.29 is 4.79 Å². The SMILES string of the molecule is CNCCN1CCCCC1.Cc1cc2cc(Nc3ccnc(Nc4cccc(C=O)c4)n3)ccc2[nH]1. The number of aromatic amines is 1. The van der Waals surface area contributed by atoms with Crippen LogP contribution in [0.25, 0.3) is 10.9 Å². The van der Waals surface area contributed by atoms with Crippen LogP contribution in [0.4, 0.5) is 23.1 Å². The van der Waals surface area contributed by atoms with E-state index in [2.05, 4.69) is 47.9 Å². The Kier molecular flexibility index (Phi) is 9.02. The van der Waals surface area contributed by atoms with Gasteiger partial charge >= 0.3 is 0 Å². The minimum atomic E-state index is 0.455. The van der Waals surface area contributed by atoms with Crippen molar-refractivity contribution in [2.75, 3.05) is 43.9 Å². The van der Waals surface area contributed by atoms with Crippen LogP contribution in [0.1, 0.15) is 35.3 Å². The largest absolute Gasteiger partial charge is 0.359 e. The summed E-state index contributed by atoms with van der Waals surface area (Å²) in [6.45, 7) is 7.05.